The normalized spacial score (nSPS) is 23.7. The average molecular weight is 495 g/mol. The molecule has 2 saturated heterocycles. The lowest BCUT2D eigenvalue weighted by Crippen LogP contribution is -2.67. The maximum atomic E-state index is 13.7. The van der Waals surface area contributed by atoms with E-state index in [1.165, 1.54) is 12.1 Å². The van der Waals surface area contributed by atoms with Crippen molar-refractivity contribution in [2.24, 2.45) is 0 Å². The van der Waals surface area contributed by atoms with Gasteiger partial charge in [-0.1, -0.05) is 54.6 Å². The van der Waals surface area contributed by atoms with Gasteiger partial charge in [-0.05, 0) is 66.8 Å². The van der Waals surface area contributed by atoms with Gasteiger partial charge in [0.25, 0.3) is 0 Å². The van der Waals surface area contributed by atoms with Crippen LogP contribution in [0, 0.1) is 12.7 Å². The Kier molecular flexibility index (Phi) is 6.77. The first-order chi connectivity index (χ1) is 16.9. The molecule has 0 spiro atoms. The Bertz CT molecular complexity index is 1300. The number of aryl methyl sites for hydroxylation is 1. The van der Waals surface area contributed by atoms with Crippen LogP contribution in [0.2, 0.25) is 0 Å². The molecule has 5 rings (SSSR count). The molecule has 184 valence electrons. The Balaban J connectivity index is 1.43. The molecule has 3 aromatic carbocycles. The van der Waals surface area contributed by atoms with E-state index in [4.69, 9.17) is 0 Å². The van der Waals surface area contributed by atoms with Gasteiger partial charge in [0.1, 0.15) is 5.82 Å². The monoisotopic (exact) mass is 494 g/mol. The van der Waals surface area contributed by atoms with Crippen LogP contribution in [-0.4, -0.2) is 61.1 Å². The summed E-state index contributed by atoms with van der Waals surface area (Å²) in [5.74, 6) is -0.250. The molecule has 2 aliphatic rings. The van der Waals surface area contributed by atoms with Crippen LogP contribution in [0.3, 0.4) is 0 Å². The fraction of sp³-hybridized carbons (Fsp3) is 0.357. The quantitative estimate of drug-likeness (QED) is 0.571. The molecule has 0 unspecified atom stereocenters. The Labute approximate surface area is 206 Å². The van der Waals surface area contributed by atoms with Crippen molar-refractivity contribution in [2.75, 3.05) is 26.2 Å². The summed E-state index contributed by atoms with van der Waals surface area (Å²) in [4.78, 5) is 2.63. The van der Waals surface area contributed by atoms with Gasteiger partial charge in [-0.15, -0.1) is 0 Å². The summed E-state index contributed by atoms with van der Waals surface area (Å²) < 4.78 is 42.5. The first-order valence-electron chi connectivity index (χ1n) is 12.2. The summed E-state index contributed by atoms with van der Waals surface area (Å²) >= 11 is 0. The van der Waals surface area contributed by atoms with E-state index in [9.17, 15) is 17.9 Å². The van der Waals surface area contributed by atoms with E-state index in [2.05, 4.69) is 4.90 Å². The van der Waals surface area contributed by atoms with Crippen LogP contribution < -0.4 is 0 Å². The van der Waals surface area contributed by atoms with Crippen molar-refractivity contribution in [1.29, 1.82) is 0 Å². The second-order valence-corrected chi connectivity index (χ2v) is 11.5. The molecule has 0 saturated carbocycles. The van der Waals surface area contributed by atoms with E-state index < -0.39 is 10.0 Å². The molecule has 0 amide bonds. The first kappa shape index (κ1) is 24.1. The molecule has 2 fully saturated rings. The van der Waals surface area contributed by atoms with Crippen LogP contribution in [0.4, 0.5) is 4.39 Å². The molecule has 7 heteroatoms. The fourth-order valence-electron chi connectivity index (χ4n) is 5.68. The van der Waals surface area contributed by atoms with E-state index >= 15 is 0 Å². The number of aliphatic hydroxyl groups excluding tert-OH is 1. The third kappa shape index (κ3) is 4.54. The van der Waals surface area contributed by atoms with E-state index in [0.717, 1.165) is 41.6 Å². The molecule has 0 bridgehead atoms. The van der Waals surface area contributed by atoms with Crippen LogP contribution in [0.5, 0.6) is 0 Å². The molecule has 0 radical (unpaired) electrons. The van der Waals surface area contributed by atoms with Gasteiger partial charge in [-0.2, -0.15) is 4.31 Å². The molecule has 5 nitrogen and oxygen atoms in total. The highest BCUT2D eigenvalue weighted by atomic mass is 32.2. The number of nitrogens with zero attached hydrogens (tertiary/aromatic N) is 2. The molecular weight excluding hydrogens is 463 g/mol. The maximum Gasteiger partial charge on any atom is 0.243 e. The molecule has 2 aliphatic heterocycles. The summed E-state index contributed by atoms with van der Waals surface area (Å²) in [6, 6.07) is 21.6. The average Bonchev–Trinajstić information content (AvgIpc) is 2.83. The van der Waals surface area contributed by atoms with Crippen molar-refractivity contribution in [3.8, 4) is 11.1 Å². The van der Waals surface area contributed by atoms with E-state index in [1.807, 2.05) is 49.4 Å². The van der Waals surface area contributed by atoms with Gasteiger partial charge >= 0.3 is 0 Å². The minimum atomic E-state index is -3.62. The Morgan fingerprint density at radius 2 is 1.69 bits per heavy atom. The van der Waals surface area contributed by atoms with Crippen molar-refractivity contribution < 1.29 is 17.9 Å². The Morgan fingerprint density at radius 1 is 0.943 bits per heavy atom. The second-order valence-electron chi connectivity index (χ2n) is 9.55. The number of sulfonamides is 1. The fourth-order valence-corrected chi connectivity index (χ4v) is 7.40. The lowest BCUT2D eigenvalue weighted by Gasteiger charge is -2.57. The van der Waals surface area contributed by atoms with Crippen molar-refractivity contribution in [2.45, 2.75) is 42.7 Å². The SMILES string of the molecule is Cc1ccccc1S(=O)(=O)N1CCCCN2[C@@H](CO)[C@@H](c3ccc(-c4cccc(F)c4)cc3)[C@@H]2C1. The third-order valence-electron chi connectivity index (χ3n) is 7.50. The van der Waals surface area contributed by atoms with Crippen LogP contribution >= 0.6 is 0 Å². The van der Waals surface area contributed by atoms with Gasteiger partial charge in [0.2, 0.25) is 10.0 Å². The Morgan fingerprint density at radius 3 is 2.40 bits per heavy atom. The molecule has 2 heterocycles. The van der Waals surface area contributed by atoms with E-state index in [0.29, 0.717) is 18.0 Å². The molecule has 3 atom stereocenters. The molecule has 0 aromatic heterocycles. The standard InChI is InChI=1S/C28H31FN2O3S/c1-20-7-2-3-10-27(20)35(33,34)30-15-4-5-16-31-25(18-30)28(26(31)19-32)22-13-11-21(12-14-22)23-8-6-9-24(29)17-23/h2-3,6-14,17,25-26,28,32H,4-5,15-16,18-19H2,1H3/t25-,26-,28-/m0/s1. The zero-order chi connectivity index (χ0) is 24.6. The van der Waals surface area contributed by atoms with Gasteiger partial charge in [-0.3, -0.25) is 4.90 Å². The lowest BCUT2D eigenvalue weighted by molar-refractivity contribution is -0.0553. The van der Waals surface area contributed by atoms with Crippen molar-refractivity contribution in [3.63, 3.8) is 0 Å². The summed E-state index contributed by atoms with van der Waals surface area (Å²) in [5, 5.41) is 10.2. The second kappa shape index (κ2) is 9.82. The minimum Gasteiger partial charge on any atom is -0.395 e. The smallest absolute Gasteiger partial charge is 0.243 e. The summed E-state index contributed by atoms with van der Waals surface area (Å²) in [6.45, 7) is 3.60. The highest BCUT2D eigenvalue weighted by Gasteiger charge is 2.50. The molecule has 3 aromatic rings. The predicted octanol–water partition coefficient (Wildman–Crippen LogP) is 4.41. The Hall–Kier alpha value is -2.58. The van der Waals surface area contributed by atoms with Crippen molar-refractivity contribution in [3.05, 3.63) is 89.7 Å². The summed E-state index contributed by atoms with van der Waals surface area (Å²) in [7, 11) is -3.62. The van der Waals surface area contributed by atoms with Crippen LogP contribution in [0.25, 0.3) is 11.1 Å². The molecule has 1 N–H and O–H groups in total. The third-order valence-corrected chi connectivity index (χ3v) is 9.52. The number of hydrogen-bond acceptors (Lipinski definition) is 4. The largest absolute Gasteiger partial charge is 0.395 e. The number of rotatable bonds is 5. The molecular formula is C28H31FN2O3S. The van der Waals surface area contributed by atoms with Gasteiger partial charge in [0.15, 0.2) is 0 Å². The summed E-state index contributed by atoms with van der Waals surface area (Å²) in [6.07, 6.45) is 1.68. The van der Waals surface area contributed by atoms with Crippen LogP contribution in [-0.2, 0) is 10.0 Å². The predicted molar refractivity (Wildman–Crippen MR) is 135 cm³/mol. The molecule has 0 aliphatic carbocycles. The van der Waals surface area contributed by atoms with E-state index in [1.54, 1.807) is 22.5 Å². The minimum absolute atomic E-state index is 0.00809. The number of fused-ring (bicyclic) bond motifs is 1. The van der Waals surface area contributed by atoms with E-state index in [-0.39, 0.29) is 30.4 Å². The van der Waals surface area contributed by atoms with Gasteiger partial charge in [-0.25, -0.2) is 12.8 Å². The lowest BCUT2D eigenvalue weighted by atomic mass is 9.74. The topological polar surface area (TPSA) is 60.9 Å². The number of benzene rings is 3. The molecule has 35 heavy (non-hydrogen) atoms. The number of aliphatic hydroxyl groups is 1. The first-order valence-corrected chi connectivity index (χ1v) is 13.6. The highest BCUT2D eigenvalue weighted by Crippen LogP contribution is 2.43. The van der Waals surface area contributed by atoms with Gasteiger partial charge in [0, 0.05) is 31.1 Å². The van der Waals surface area contributed by atoms with Gasteiger partial charge in [0.05, 0.1) is 11.5 Å². The van der Waals surface area contributed by atoms with Crippen LogP contribution in [0.15, 0.2) is 77.7 Å². The summed E-state index contributed by atoms with van der Waals surface area (Å²) in [5.41, 5.74) is 3.55. The van der Waals surface area contributed by atoms with Crippen molar-refractivity contribution in [1.82, 2.24) is 9.21 Å². The van der Waals surface area contributed by atoms with Gasteiger partial charge < -0.3 is 5.11 Å². The number of halogens is 1. The number of hydrogen-bond donors (Lipinski definition) is 1. The maximum absolute atomic E-state index is 13.7. The zero-order valence-corrected chi connectivity index (χ0v) is 20.7. The highest BCUT2D eigenvalue weighted by molar-refractivity contribution is 7.89. The zero-order valence-electron chi connectivity index (χ0n) is 19.8. The van der Waals surface area contributed by atoms with Crippen LogP contribution in [0.1, 0.15) is 29.9 Å². The van der Waals surface area contributed by atoms with Crippen molar-refractivity contribution >= 4 is 10.0 Å².